The van der Waals surface area contributed by atoms with Crippen LogP contribution in [0, 0.1) is 10.1 Å². The van der Waals surface area contributed by atoms with Crippen molar-refractivity contribution in [2.75, 3.05) is 6.61 Å². The van der Waals surface area contributed by atoms with Gasteiger partial charge in [-0.05, 0) is 36.2 Å². The van der Waals surface area contributed by atoms with Crippen LogP contribution < -0.4 is 4.74 Å². The normalized spacial score (nSPS) is 10.7. The molecule has 0 heterocycles. The minimum atomic E-state index is -0.419. The van der Waals surface area contributed by atoms with E-state index in [1.54, 1.807) is 18.3 Å². The average molecular weight is 284 g/mol. The van der Waals surface area contributed by atoms with E-state index in [9.17, 15) is 10.1 Å². The average Bonchev–Trinajstić information content (AvgIpc) is 2.52. The molecule has 0 amide bonds. The zero-order valence-electron chi connectivity index (χ0n) is 11.7. The van der Waals surface area contributed by atoms with E-state index in [1.165, 1.54) is 12.1 Å². The predicted molar refractivity (Wildman–Crippen MR) is 82.6 cm³/mol. The Bertz CT molecular complexity index is 636. The summed E-state index contributed by atoms with van der Waals surface area (Å²) in [5.74, 6) is 0.811. The van der Waals surface area contributed by atoms with Gasteiger partial charge in [-0.1, -0.05) is 19.1 Å². The van der Waals surface area contributed by atoms with Crippen molar-refractivity contribution in [3.05, 3.63) is 64.2 Å². The topological polar surface area (TPSA) is 64.7 Å². The molecule has 108 valence electrons. The molecule has 0 aliphatic rings. The van der Waals surface area contributed by atoms with Crippen LogP contribution in [0.15, 0.2) is 53.5 Å². The molecule has 0 aromatic heterocycles. The van der Waals surface area contributed by atoms with Gasteiger partial charge in [-0.15, -0.1) is 0 Å². The van der Waals surface area contributed by atoms with Crippen molar-refractivity contribution in [2.24, 2.45) is 4.99 Å². The summed E-state index contributed by atoms with van der Waals surface area (Å²) in [6.07, 6.45) is 2.57. The summed E-state index contributed by atoms with van der Waals surface area (Å²) in [5, 5.41) is 10.7. The van der Waals surface area contributed by atoms with Crippen LogP contribution in [-0.4, -0.2) is 17.7 Å². The molecule has 2 rings (SSSR count). The molecule has 0 bridgehead atoms. The summed E-state index contributed by atoms with van der Waals surface area (Å²) < 4.78 is 5.49. The molecule has 5 heteroatoms. The Morgan fingerprint density at radius 2 is 2.00 bits per heavy atom. The lowest BCUT2D eigenvalue weighted by Gasteiger charge is -2.03. The van der Waals surface area contributed by atoms with E-state index in [1.807, 2.05) is 24.3 Å². The van der Waals surface area contributed by atoms with E-state index in [-0.39, 0.29) is 5.69 Å². The second-order valence-corrected chi connectivity index (χ2v) is 4.45. The lowest BCUT2D eigenvalue weighted by molar-refractivity contribution is -0.384. The summed E-state index contributed by atoms with van der Waals surface area (Å²) in [6.45, 7) is 2.74. The van der Waals surface area contributed by atoms with Crippen molar-refractivity contribution < 1.29 is 9.66 Å². The van der Waals surface area contributed by atoms with Crippen molar-refractivity contribution in [3.8, 4) is 5.75 Å². The minimum Gasteiger partial charge on any atom is -0.494 e. The number of ether oxygens (including phenoxy) is 1. The second-order valence-electron chi connectivity index (χ2n) is 4.45. The fraction of sp³-hybridized carbons (Fsp3) is 0.188. The van der Waals surface area contributed by atoms with Gasteiger partial charge in [-0.3, -0.25) is 15.1 Å². The first-order chi connectivity index (χ1) is 10.2. The van der Waals surface area contributed by atoms with Crippen LogP contribution in [-0.2, 0) is 0 Å². The van der Waals surface area contributed by atoms with Gasteiger partial charge in [-0.25, -0.2) is 0 Å². The molecule has 0 saturated heterocycles. The van der Waals surface area contributed by atoms with Crippen LogP contribution in [0.2, 0.25) is 0 Å². The molecule has 0 spiro atoms. The molecule has 2 aromatic rings. The van der Waals surface area contributed by atoms with Crippen LogP contribution >= 0.6 is 0 Å². The SMILES string of the molecule is CCCOc1ccc(/N=C/c2cccc([N+](=O)[O-])c2)cc1. The number of non-ortho nitro benzene ring substituents is 1. The molecular weight excluding hydrogens is 268 g/mol. The number of benzene rings is 2. The number of aliphatic imine (C=N–C) groups is 1. The highest BCUT2D eigenvalue weighted by Crippen LogP contribution is 2.19. The van der Waals surface area contributed by atoms with E-state index < -0.39 is 4.92 Å². The largest absolute Gasteiger partial charge is 0.494 e. The standard InChI is InChI=1S/C16H16N2O3/c1-2-10-21-16-8-6-14(7-9-16)17-12-13-4-3-5-15(11-13)18(19)20/h3-9,11-12H,2,10H2,1H3/b17-12+. The Balaban J connectivity index is 2.06. The second kappa shape index (κ2) is 7.19. The zero-order valence-corrected chi connectivity index (χ0v) is 11.7. The van der Waals surface area contributed by atoms with Gasteiger partial charge in [0.1, 0.15) is 5.75 Å². The van der Waals surface area contributed by atoms with E-state index >= 15 is 0 Å². The highest BCUT2D eigenvalue weighted by atomic mass is 16.6. The summed E-state index contributed by atoms with van der Waals surface area (Å²) in [4.78, 5) is 14.6. The van der Waals surface area contributed by atoms with Crippen molar-refractivity contribution in [1.82, 2.24) is 0 Å². The number of nitrogens with zero attached hydrogens (tertiary/aromatic N) is 2. The molecule has 21 heavy (non-hydrogen) atoms. The number of hydrogen-bond donors (Lipinski definition) is 0. The van der Waals surface area contributed by atoms with Gasteiger partial charge < -0.3 is 4.74 Å². The van der Waals surface area contributed by atoms with E-state index in [4.69, 9.17) is 4.74 Å². The number of nitro groups is 1. The number of rotatable bonds is 6. The minimum absolute atomic E-state index is 0.0577. The van der Waals surface area contributed by atoms with E-state index in [0.717, 1.165) is 17.9 Å². The molecule has 0 fully saturated rings. The van der Waals surface area contributed by atoms with E-state index in [0.29, 0.717) is 12.2 Å². The first-order valence-electron chi connectivity index (χ1n) is 6.70. The Morgan fingerprint density at radius 1 is 1.24 bits per heavy atom. The third-order valence-electron chi connectivity index (χ3n) is 2.75. The molecule has 0 aliphatic carbocycles. The number of hydrogen-bond acceptors (Lipinski definition) is 4. The molecular formula is C16H16N2O3. The predicted octanol–water partition coefficient (Wildman–Crippen LogP) is 4.13. The van der Waals surface area contributed by atoms with Crippen molar-refractivity contribution >= 4 is 17.6 Å². The fourth-order valence-electron chi connectivity index (χ4n) is 1.72. The van der Waals surface area contributed by atoms with Gasteiger partial charge in [0, 0.05) is 18.3 Å². The quantitative estimate of drug-likeness (QED) is 0.455. The maximum Gasteiger partial charge on any atom is 0.270 e. The Hall–Kier alpha value is -2.69. The Labute approximate surface area is 123 Å². The smallest absolute Gasteiger partial charge is 0.270 e. The first kappa shape index (κ1) is 14.7. The van der Waals surface area contributed by atoms with Gasteiger partial charge in [0.05, 0.1) is 17.2 Å². The third kappa shape index (κ3) is 4.42. The van der Waals surface area contributed by atoms with Crippen LogP contribution in [0.3, 0.4) is 0 Å². The van der Waals surface area contributed by atoms with Crippen molar-refractivity contribution in [1.29, 1.82) is 0 Å². The molecule has 0 saturated carbocycles. The molecule has 0 N–H and O–H groups in total. The van der Waals surface area contributed by atoms with Crippen LogP contribution in [0.1, 0.15) is 18.9 Å². The highest BCUT2D eigenvalue weighted by Gasteiger charge is 2.03. The third-order valence-corrected chi connectivity index (χ3v) is 2.75. The van der Waals surface area contributed by atoms with Gasteiger partial charge in [0.25, 0.3) is 5.69 Å². The van der Waals surface area contributed by atoms with Crippen LogP contribution in [0.4, 0.5) is 11.4 Å². The lowest BCUT2D eigenvalue weighted by atomic mass is 10.2. The lowest BCUT2D eigenvalue weighted by Crippen LogP contribution is -1.93. The maximum absolute atomic E-state index is 10.7. The summed E-state index contributed by atoms with van der Waals surface area (Å²) >= 11 is 0. The van der Waals surface area contributed by atoms with E-state index in [2.05, 4.69) is 11.9 Å². The first-order valence-corrected chi connectivity index (χ1v) is 6.70. The van der Waals surface area contributed by atoms with Gasteiger partial charge >= 0.3 is 0 Å². The molecule has 2 aromatic carbocycles. The van der Waals surface area contributed by atoms with Gasteiger partial charge in [0.2, 0.25) is 0 Å². The molecule has 5 nitrogen and oxygen atoms in total. The molecule has 0 radical (unpaired) electrons. The Morgan fingerprint density at radius 3 is 2.67 bits per heavy atom. The summed E-state index contributed by atoms with van der Waals surface area (Å²) in [6, 6.07) is 13.8. The summed E-state index contributed by atoms with van der Waals surface area (Å²) in [5.41, 5.74) is 1.52. The highest BCUT2D eigenvalue weighted by molar-refractivity contribution is 5.82. The van der Waals surface area contributed by atoms with Gasteiger partial charge in [-0.2, -0.15) is 0 Å². The van der Waals surface area contributed by atoms with Crippen LogP contribution in [0.5, 0.6) is 5.75 Å². The summed E-state index contributed by atoms with van der Waals surface area (Å²) in [7, 11) is 0. The monoisotopic (exact) mass is 284 g/mol. The maximum atomic E-state index is 10.7. The fourth-order valence-corrected chi connectivity index (χ4v) is 1.72. The van der Waals surface area contributed by atoms with Crippen molar-refractivity contribution in [3.63, 3.8) is 0 Å². The zero-order chi connectivity index (χ0) is 15.1. The molecule has 0 unspecified atom stereocenters. The Kier molecular flexibility index (Phi) is 5.04. The van der Waals surface area contributed by atoms with Gasteiger partial charge in [0.15, 0.2) is 0 Å². The van der Waals surface area contributed by atoms with Crippen LogP contribution in [0.25, 0.3) is 0 Å². The molecule has 0 atom stereocenters. The number of nitro benzene ring substituents is 1. The van der Waals surface area contributed by atoms with Crippen molar-refractivity contribution in [2.45, 2.75) is 13.3 Å². The molecule has 0 aliphatic heterocycles.